The average Bonchev–Trinajstić information content (AvgIpc) is 3.19. The number of hydrogen-bond donors (Lipinski definition) is 1. The van der Waals surface area contributed by atoms with Crippen LogP contribution in [0.4, 0.5) is 0 Å². The highest BCUT2D eigenvalue weighted by Gasteiger charge is 2.19. The summed E-state index contributed by atoms with van der Waals surface area (Å²) in [4.78, 5) is 21.7. The molecule has 1 saturated heterocycles. The number of aromatic nitrogens is 2. The lowest BCUT2D eigenvalue weighted by molar-refractivity contribution is 0.0859. The molecule has 0 aliphatic carbocycles. The van der Waals surface area contributed by atoms with Crippen LogP contribution in [0.3, 0.4) is 0 Å². The Kier molecular flexibility index (Phi) is 4.82. The highest BCUT2D eigenvalue weighted by atomic mass is 35.5. The quantitative estimate of drug-likeness (QED) is 0.760. The molecule has 132 valence electrons. The second kappa shape index (κ2) is 7.40. The van der Waals surface area contributed by atoms with Crippen molar-refractivity contribution in [3.63, 3.8) is 0 Å². The van der Waals surface area contributed by atoms with Crippen LogP contribution in [0.1, 0.15) is 23.2 Å². The van der Waals surface area contributed by atoms with Gasteiger partial charge in [0.05, 0.1) is 22.9 Å². The van der Waals surface area contributed by atoms with Crippen molar-refractivity contribution in [2.45, 2.75) is 18.9 Å². The van der Waals surface area contributed by atoms with Crippen LogP contribution in [0, 0.1) is 0 Å². The number of rotatable bonds is 4. The van der Waals surface area contributed by atoms with E-state index < -0.39 is 0 Å². The van der Waals surface area contributed by atoms with E-state index in [1.165, 1.54) is 0 Å². The number of carbonyl (C=O) groups excluding carboxylic acids is 1. The van der Waals surface area contributed by atoms with Crippen molar-refractivity contribution in [2.24, 2.45) is 0 Å². The molecule has 1 aromatic carbocycles. The molecule has 1 N–H and O–H groups in total. The maximum absolute atomic E-state index is 12.9. The lowest BCUT2D eigenvalue weighted by Gasteiger charge is -2.13. The topological polar surface area (TPSA) is 64.1 Å². The van der Waals surface area contributed by atoms with E-state index in [1.807, 2.05) is 18.2 Å². The van der Waals surface area contributed by atoms with Crippen LogP contribution in [0.25, 0.3) is 22.2 Å². The van der Waals surface area contributed by atoms with E-state index in [0.29, 0.717) is 22.8 Å². The van der Waals surface area contributed by atoms with Crippen LogP contribution < -0.4 is 5.32 Å². The number of ether oxygens (including phenoxy) is 1. The number of pyridine rings is 2. The number of halogens is 1. The van der Waals surface area contributed by atoms with Gasteiger partial charge in [0.2, 0.25) is 0 Å². The number of benzene rings is 1. The Morgan fingerprint density at radius 3 is 3.00 bits per heavy atom. The van der Waals surface area contributed by atoms with Gasteiger partial charge in [-0.05, 0) is 49.2 Å². The Morgan fingerprint density at radius 1 is 1.31 bits per heavy atom. The smallest absolute Gasteiger partial charge is 0.252 e. The predicted molar refractivity (Wildman–Crippen MR) is 101 cm³/mol. The van der Waals surface area contributed by atoms with Gasteiger partial charge in [-0.25, -0.2) is 4.98 Å². The van der Waals surface area contributed by atoms with Crippen molar-refractivity contribution < 1.29 is 9.53 Å². The third kappa shape index (κ3) is 3.54. The Morgan fingerprint density at radius 2 is 2.23 bits per heavy atom. The Labute approximate surface area is 156 Å². The van der Waals surface area contributed by atoms with E-state index >= 15 is 0 Å². The zero-order valence-electron chi connectivity index (χ0n) is 14.1. The summed E-state index contributed by atoms with van der Waals surface area (Å²) in [6.07, 6.45) is 5.55. The summed E-state index contributed by atoms with van der Waals surface area (Å²) in [5.74, 6) is -0.152. The molecular weight excluding hydrogens is 350 g/mol. The summed E-state index contributed by atoms with van der Waals surface area (Å²) in [5, 5.41) is 4.28. The Hall–Kier alpha value is -2.50. The van der Waals surface area contributed by atoms with Crippen LogP contribution in [0.15, 0.2) is 48.8 Å². The summed E-state index contributed by atoms with van der Waals surface area (Å²) in [7, 11) is 0. The molecule has 0 spiro atoms. The SMILES string of the molecule is O=C(NC[C@@H]1CCCO1)c1cc(-c2cccnc2)nc2ccc(Cl)cc12. The van der Waals surface area contributed by atoms with Gasteiger partial charge in [-0.1, -0.05) is 11.6 Å². The minimum Gasteiger partial charge on any atom is -0.376 e. The fourth-order valence-corrected chi connectivity index (χ4v) is 3.33. The number of nitrogens with one attached hydrogen (secondary N) is 1. The lowest BCUT2D eigenvalue weighted by atomic mass is 10.0. The largest absolute Gasteiger partial charge is 0.376 e. The third-order valence-corrected chi connectivity index (χ3v) is 4.72. The van der Waals surface area contributed by atoms with Gasteiger partial charge in [0.15, 0.2) is 0 Å². The van der Waals surface area contributed by atoms with Crippen LogP contribution in [-0.4, -0.2) is 35.1 Å². The number of nitrogens with zero attached hydrogens (tertiary/aromatic N) is 2. The second-order valence-electron chi connectivity index (χ2n) is 6.30. The van der Waals surface area contributed by atoms with Gasteiger partial charge in [0, 0.05) is 41.5 Å². The van der Waals surface area contributed by atoms with Gasteiger partial charge in [0.25, 0.3) is 5.91 Å². The Balaban J connectivity index is 1.72. The van der Waals surface area contributed by atoms with E-state index in [9.17, 15) is 4.79 Å². The first-order chi connectivity index (χ1) is 12.7. The van der Waals surface area contributed by atoms with Gasteiger partial charge in [0.1, 0.15) is 0 Å². The normalized spacial score (nSPS) is 16.7. The lowest BCUT2D eigenvalue weighted by Crippen LogP contribution is -2.32. The number of amides is 1. The molecule has 0 unspecified atom stereocenters. The molecular formula is C20H18ClN3O2. The van der Waals surface area contributed by atoms with Gasteiger partial charge in [-0.3, -0.25) is 9.78 Å². The van der Waals surface area contributed by atoms with E-state index in [2.05, 4.69) is 15.3 Å². The first-order valence-corrected chi connectivity index (χ1v) is 8.99. The van der Waals surface area contributed by atoms with Crippen molar-refractivity contribution in [1.82, 2.24) is 15.3 Å². The molecule has 26 heavy (non-hydrogen) atoms. The Bertz CT molecular complexity index is 940. The molecule has 6 heteroatoms. The van der Waals surface area contributed by atoms with Gasteiger partial charge in [-0.2, -0.15) is 0 Å². The average molecular weight is 368 g/mol. The molecule has 1 aliphatic rings. The third-order valence-electron chi connectivity index (χ3n) is 4.49. The van der Waals surface area contributed by atoms with Crippen molar-refractivity contribution in [3.8, 4) is 11.3 Å². The van der Waals surface area contributed by atoms with Crippen LogP contribution in [0.2, 0.25) is 5.02 Å². The minimum absolute atomic E-state index is 0.0911. The molecule has 0 radical (unpaired) electrons. The van der Waals surface area contributed by atoms with E-state index in [0.717, 1.165) is 35.9 Å². The number of hydrogen-bond acceptors (Lipinski definition) is 4. The second-order valence-corrected chi connectivity index (χ2v) is 6.74. The molecule has 3 aromatic rings. The molecule has 0 saturated carbocycles. The maximum atomic E-state index is 12.9. The molecule has 0 bridgehead atoms. The van der Waals surface area contributed by atoms with Gasteiger partial charge < -0.3 is 10.1 Å². The van der Waals surface area contributed by atoms with Gasteiger partial charge >= 0.3 is 0 Å². The molecule has 1 amide bonds. The summed E-state index contributed by atoms with van der Waals surface area (Å²) in [6, 6.07) is 10.9. The summed E-state index contributed by atoms with van der Waals surface area (Å²) >= 11 is 6.14. The minimum atomic E-state index is -0.152. The van der Waals surface area contributed by atoms with Crippen LogP contribution >= 0.6 is 11.6 Å². The maximum Gasteiger partial charge on any atom is 0.252 e. The molecule has 1 aliphatic heterocycles. The molecule has 1 atom stereocenters. The van der Waals surface area contributed by atoms with Crippen molar-refractivity contribution >= 4 is 28.4 Å². The molecule has 2 aromatic heterocycles. The van der Waals surface area contributed by atoms with Crippen molar-refractivity contribution in [1.29, 1.82) is 0 Å². The van der Waals surface area contributed by atoms with E-state index in [-0.39, 0.29) is 12.0 Å². The van der Waals surface area contributed by atoms with Crippen LogP contribution in [-0.2, 0) is 4.74 Å². The summed E-state index contributed by atoms with van der Waals surface area (Å²) < 4.78 is 5.58. The van der Waals surface area contributed by atoms with Gasteiger partial charge in [-0.15, -0.1) is 0 Å². The standard InChI is InChI=1S/C20H18ClN3O2/c21-14-5-6-18-16(9-14)17(20(25)23-12-15-4-2-8-26-15)10-19(24-18)13-3-1-7-22-11-13/h1,3,5-7,9-11,15H,2,4,8,12H2,(H,23,25)/t15-/m0/s1. The first-order valence-electron chi connectivity index (χ1n) is 8.61. The first kappa shape index (κ1) is 16.9. The molecule has 1 fully saturated rings. The number of carbonyl (C=O) groups is 1. The summed E-state index contributed by atoms with van der Waals surface area (Å²) in [5.41, 5.74) is 2.83. The monoisotopic (exact) mass is 367 g/mol. The summed E-state index contributed by atoms with van der Waals surface area (Å²) in [6.45, 7) is 1.27. The fourth-order valence-electron chi connectivity index (χ4n) is 3.16. The number of fused-ring (bicyclic) bond motifs is 1. The van der Waals surface area contributed by atoms with E-state index in [1.54, 1.807) is 30.6 Å². The van der Waals surface area contributed by atoms with Crippen molar-refractivity contribution in [2.75, 3.05) is 13.2 Å². The van der Waals surface area contributed by atoms with Crippen molar-refractivity contribution in [3.05, 3.63) is 59.4 Å². The molecule has 3 heterocycles. The molecule has 4 rings (SSSR count). The fraction of sp³-hybridized carbons (Fsp3) is 0.250. The van der Waals surface area contributed by atoms with E-state index in [4.69, 9.17) is 16.3 Å². The highest BCUT2D eigenvalue weighted by molar-refractivity contribution is 6.31. The highest BCUT2D eigenvalue weighted by Crippen LogP contribution is 2.27. The zero-order valence-corrected chi connectivity index (χ0v) is 14.9. The zero-order chi connectivity index (χ0) is 17.9. The molecule has 5 nitrogen and oxygen atoms in total. The van der Waals surface area contributed by atoms with Crippen LogP contribution in [0.5, 0.6) is 0 Å². The predicted octanol–water partition coefficient (Wildman–Crippen LogP) is 3.86.